The van der Waals surface area contributed by atoms with E-state index in [-0.39, 0.29) is 29.7 Å². The number of hydrazone groups is 1. The predicted molar refractivity (Wildman–Crippen MR) is 151 cm³/mol. The standard InChI is InChI=1S/C21H23N3O5.C7H6ClNO2/c1-4-15-12-20(25)23(13-14-6-5-7-17(10-14)24(26)27)22-21(15)16-8-9-18(28-2)19(11-16)29-3;8-5-6-2-1-3-7(4-6)9(10)11/h5-11,15H,4,12-13H2,1-3H3;1-4H,5H2. The van der Waals surface area contributed by atoms with E-state index in [1.165, 1.54) is 29.3 Å². The van der Waals surface area contributed by atoms with Gasteiger partial charge >= 0.3 is 0 Å². The molecule has 210 valence electrons. The number of alkyl halides is 1. The molecule has 1 unspecified atom stereocenters. The Kier molecular flexibility index (Phi) is 10.5. The van der Waals surface area contributed by atoms with Crippen molar-refractivity contribution in [1.82, 2.24) is 5.01 Å². The van der Waals surface area contributed by atoms with Crippen molar-refractivity contribution >= 4 is 34.6 Å². The highest BCUT2D eigenvalue weighted by Crippen LogP contribution is 2.32. The van der Waals surface area contributed by atoms with E-state index in [0.717, 1.165) is 23.3 Å². The van der Waals surface area contributed by atoms with Crippen molar-refractivity contribution in [3.63, 3.8) is 0 Å². The van der Waals surface area contributed by atoms with Gasteiger partial charge in [-0.25, -0.2) is 5.01 Å². The van der Waals surface area contributed by atoms with E-state index in [1.807, 2.05) is 25.1 Å². The highest BCUT2D eigenvalue weighted by Gasteiger charge is 2.30. The van der Waals surface area contributed by atoms with Crippen molar-refractivity contribution in [1.29, 1.82) is 0 Å². The third kappa shape index (κ3) is 7.54. The number of hydrogen-bond donors (Lipinski definition) is 0. The van der Waals surface area contributed by atoms with Crippen LogP contribution in [0.25, 0.3) is 0 Å². The van der Waals surface area contributed by atoms with Crippen LogP contribution in [0.1, 0.15) is 36.5 Å². The molecule has 0 bridgehead atoms. The van der Waals surface area contributed by atoms with Crippen LogP contribution < -0.4 is 9.47 Å². The van der Waals surface area contributed by atoms with Gasteiger partial charge in [-0.1, -0.05) is 31.2 Å². The maximum Gasteiger partial charge on any atom is 0.269 e. The molecular formula is C28H29ClN4O7. The second-order valence-corrected chi connectivity index (χ2v) is 9.07. The van der Waals surface area contributed by atoms with Crippen molar-refractivity contribution in [2.24, 2.45) is 11.0 Å². The van der Waals surface area contributed by atoms with Crippen LogP contribution in [0.4, 0.5) is 11.4 Å². The molecular weight excluding hydrogens is 540 g/mol. The largest absolute Gasteiger partial charge is 0.493 e. The Morgan fingerprint density at radius 2 is 1.52 bits per heavy atom. The molecule has 12 heteroatoms. The number of rotatable bonds is 9. The van der Waals surface area contributed by atoms with E-state index in [4.69, 9.17) is 21.1 Å². The zero-order valence-electron chi connectivity index (χ0n) is 22.3. The second kappa shape index (κ2) is 14.0. The predicted octanol–water partition coefficient (Wildman–Crippen LogP) is 6.11. The van der Waals surface area contributed by atoms with Gasteiger partial charge in [-0.2, -0.15) is 5.10 Å². The molecule has 11 nitrogen and oxygen atoms in total. The fourth-order valence-corrected chi connectivity index (χ4v) is 4.29. The average Bonchev–Trinajstić information content (AvgIpc) is 2.98. The summed E-state index contributed by atoms with van der Waals surface area (Å²) in [4.78, 5) is 33.0. The molecule has 1 aliphatic rings. The van der Waals surface area contributed by atoms with Crippen LogP contribution in [0.2, 0.25) is 0 Å². The summed E-state index contributed by atoms with van der Waals surface area (Å²) in [6.07, 6.45) is 1.10. The van der Waals surface area contributed by atoms with Crippen LogP contribution in [-0.2, 0) is 17.2 Å². The Labute approximate surface area is 236 Å². The number of nitrogens with zero attached hydrogens (tertiary/aromatic N) is 4. The number of nitro benzene ring substituents is 2. The number of nitro groups is 2. The number of ether oxygens (including phenoxy) is 2. The third-order valence-electron chi connectivity index (χ3n) is 6.23. The molecule has 0 spiro atoms. The molecule has 40 heavy (non-hydrogen) atoms. The van der Waals surface area contributed by atoms with Gasteiger partial charge in [0.05, 0.1) is 36.3 Å². The summed E-state index contributed by atoms with van der Waals surface area (Å²) in [5.41, 5.74) is 3.13. The Hall–Kier alpha value is -4.51. The van der Waals surface area contributed by atoms with E-state index in [0.29, 0.717) is 29.4 Å². The van der Waals surface area contributed by atoms with Crippen molar-refractivity contribution < 1.29 is 24.1 Å². The maximum atomic E-state index is 12.6. The number of benzene rings is 3. The van der Waals surface area contributed by atoms with E-state index in [9.17, 15) is 25.0 Å². The topological polar surface area (TPSA) is 137 Å². The summed E-state index contributed by atoms with van der Waals surface area (Å²) in [5, 5.41) is 27.3. The van der Waals surface area contributed by atoms with E-state index in [1.54, 1.807) is 38.5 Å². The summed E-state index contributed by atoms with van der Waals surface area (Å²) in [7, 11) is 3.14. The average molecular weight is 569 g/mol. The van der Waals surface area contributed by atoms with E-state index in [2.05, 4.69) is 5.10 Å². The first-order valence-corrected chi connectivity index (χ1v) is 12.9. The Bertz CT molecular complexity index is 1410. The minimum atomic E-state index is -0.451. The molecule has 0 saturated carbocycles. The van der Waals surface area contributed by atoms with Crippen molar-refractivity contribution in [2.75, 3.05) is 14.2 Å². The molecule has 4 rings (SSSR count). The molecule has 0 aromatic heterocycles. The Morgan fingerprint density at radius 3 is 2.08 bits per heavy atom. The number of hydrogen-bond acceptors (Lipinski definition) is 8. The first-order valence-electron chi connectivity index (χ1n) is 12.3. The SMILES string of the molecule is CCC1CC(=O)N(Cc2cccc([N+](=O)[O-])c2)N=C1c1ccc(OC)c(OC)c1.O=[N+]([O-])c1cccc(CCl)c1. The molecule has 3 aromatic rings. The molecule has 1 atom stereocenters. The normalized spacial score (nSPS) is 14.5. The molecule has 0 N–H and O–H groups in total. The zero-order chi connectivity index (χ0) is 29.2. The van der Waals surface area contributed by atoms with Gasteiger partial charge in [-0.15, -0.1) is 11.6 Å². The molecule has 0 radical (unpaired) electrons. The Morgan fingerprint density at radius 1 is 0.925 bits per heavy atom. The summed E-state index contributed by atoms with van der Waals surface area (Å²) in [6, 6.07) is 18.1. The van der Waals surface area contributed by atoms with Gasteiger partial charge < -0.3 is 9.47 Å². The summed E-state index contributed by atoms with van der Waals surface area (Å²) >= 11 is 5.48. The zero-order valence-corrected chi connectivity index (χ0v) is 23.0. The smallest absolute Gasteiger partial charge is 0.269 e. The quantitative estimate of drug-likeness (QED) is 0.172. The second-order valence-electron chi connectivity index (χ2n) is 8.80. The molecule has 1 aliphatic heterocycles. The highest BCUT2D eigenvalue weighted by molar-refractivity contribution is 6.17. The van der Waals surface area contributed by atoms with Crippen LogP contribution in [0, 0.1) is 26.1 Å². The van der Waals surface area contributed by atoms with E-state index >= 15 is 0 Å². The lowest BCUT2D eigenvalue weighted by Crippen LogP contribution is -2.36. The lowest BCUT2D eigenvalue weighted by molar-refractivity contribution is -0.385. The van der Waals surface area contributed by atoms with E-state index < -0.39 is 9.85 Å². The maximum absolute atomic E-state index is 12.6. The Balaban J connectivity index is 0.000000336. The third-order valence-corrected chi connectivity index (χ3v) is 6.53. The molecule has 1 amide bonds. The van der Waals surface area contributed by atoms with Crippen LogP contribution >= 0.6 is 11.6 Å². The number of carbonyl (C=O) groups excluding carboxylic acids is 1. The molecule has 3 aromatic carbocycles. The van der Waals surface area contributed by atoms with Crippen LogP contribution in [-0.4, -0.2) is 40.7 Å². The fraction of sp³-hybridized carbons (Fsp3) is 0.286. The minimum absolute atomic E-state index is 0.0116. The molecule has 1 heterocycles. The van der Waals surface area contributed by atoms with Crippen LogP contribution in [0.5, 0.6) is 11.5 Å². The number of non-ortho nitro benzene ring substituents is 2. The van der Waals surface area contributed by atoms with Gasteiger partial charge in [0, 0.05) is 48.0 Å². The van der Waals surface area contributed by atoms with Crippen molar-refractivity contribution in [3.05, 3.63) is 104 Å². The first-order chi connectivity index (χ1) is 19.2. The monoisotopic (exact) mass is 568 g/mol. The molecule has 0 saturated heterocycles. The minimum Gasteiger partial charge on any atom is -0.493 e. The number of amides is 1. The van der Waals surface area contributed by atoms with Crippen LogP contribution in [0.3, 0.4) is 0 Å². The van der Waals surface area contributed by atoms with Crippen LogP contribution in [0.15, 0.2) is 71.8 Å². The van der Waals surface area contributed by atoms with Crippen molar-refractivity contribution in [3.8, 4) is 11.5 Å². The van der Waals surface area contributed by atoms with Gasteiger partial charge in [0.15, 0.2) is 11.5 Å². The summed E-state index contributed by atoms with van der Waals surface area (Å²) < 4.78 is 10.7. The number of halogens is 1. The van der Waals surface area contributed by atoms with Gasteiger partial charge in [0.2, 0.25) is 5.91 Å². The lowest BCUT2D eigenvalue weighted by Gasteiger charge is -2.29. The first kappa shape index (κ1) is 30.0. The van der Waals surface area contributed by atoms with Gasteiger partial charge in [0.1, 0.15) is 0 Å². The fourth-order valence-electron chi connectivity index (χ4n) is 4.12. The van der Waals surface area contributed by atoms with Gasteiger partial charge in [0.25, 0.3) is 11.4 Å². The van der Waals surface area contributed by atoms with Gasteiger partial charge in [-0.3, -0.25) is 25.0 Å². The number of methoxy groups -OCH3 is 2. The van der Waals surface area contributed by atoms with Gasteiger partial charge in [-0.05, 0) is 35.7 Å². The summed E-state index contributed by atoms with van der Waals surface area (Å²) in [6.45, 7) is 2.19. The lowest BCUT2D eigenvalue weighted by atomic mass is 9.89. The van der Waals surface area contributed by atoms with Crippen molar-refractivity contribution in [2.45, 2.75) is 32.2 Å². The summed E-state index contributed by atoms with van der Waals surface area (Å²) in [5.74, 6) is 1.39. The highest BCUT2D eigenvalue weighted by atomic mass is 35.5. The molecule has 0 fully saturated rings. The number of carbonyl (C=O) groups is 1. The molecule has 0 aliphatic carbocycles.